The van der Waals surface area contributed by atoms with Crippen LogP contribution in [0.1, 0.15) is 10.6 Å². The molecule has 0 saturated heterocycles. The topological polar surface area (TPSA) is 49.6 Å². The summed E-state index contributed by atoms with van der Waals surface area (Å²) in [7, 11) is 0. The molecule has 0 atom stereocenters. The number of hydrogen-bond acceptors (Lipinski definition) is 4. The van der Waals surface area contributed by atoms with Crippen LogP contribution >= 0.6 is 27.3 Å². The molecule has 0 spiro atoms. The molecule has 3 rings (SSSR count). The van der Waals surface area contributed by atoms with E-state index in [1.807, 2.05) is 36.4 Å². The van der Waals surface area contributed by atoms with E-state index in [4.69, 9.17) is 0 Å². The van der Waals surface area contributed by atoms with Crippen LogP contribution in [0.15, 0.2) is 47.2 Å². The van der Waals surface area contributed by atoms with E-state index in [0.717, 1.165) is 25.3 Å². The van der Waals surface area contributed by atoms with Crippen molar-refractivity contribution in [3.05, 3.63) is 57.8 Å². The van der Waals surface area contributed by atoms with Gasteiger partial charge in [-0.15, -0.1) is 11.3 Å². The molecule has 0 radical (unpaired) electrons. The molecule has 20 heavy (non-hydrogen) atoms. The van der Waals surface area contributed by atoms with E-state index in [1.165, 1.54) is 11.3 Å². The Balaban J connectivity index is 2.10. The van der Waals surface area contributed by atoms with Gasteiger partial charge in [0.15, 0.2) is 0 Å². The van der Waals surface area contributed by atoms with E-state index in [1.54, 1.807) is 12.4 Å². The average Bonchev–Trinajstić information content (AvgIpc) is 2.90. The van der Waals surface area contributed by atoms with Crippen molar-refractivity contribution in [1.29, 1.82) is 5.26 Å². The fourth-order valence-corrected chi connectivity index (χ4v) is 3.08. The third kappa shape index (κ3) is 2.48. The molecule has 96 valence electrons. The molecule has 0 amide bonds. The molecule has 0 aliphatic rings. The lowest BCUT2D eigenvalue weighted by Crippen LogP contribution is -1.82. The zero-order valence-electron chi connectivity index (χ0n) is 10.2. The van der Waals surface area contributed by atoms with Gasteiger partial charge < -0.3 is 0 Å². The van der Waals surface area contributed by atoms with Gasteiger partial charge in [0.1, 0.15) is 11.1 Å². The number of hydrogen-bond donors (Lipinski definition) is 0. The quantitative estimate of drug-likeness (QED) is 0.644. The third-order valence-corrected chi connectivity index (χ3v) is 4.48. The van der Waals surface area contributed by atoms with Crippen molar-refractivity contribution in [3.8, 4) is 6.07 Å². The predicted octanol–water partition coefficient (Wildman–Crippen LogP) is 4.52. The average molecular weight is 342 g/mol. The number of fused-ring (bicyclic) bond motifs is 1. The Hall–Kier alpha value is -2.03. The molecule has 3 aromatic rings. The number of pyridine rings is 1. The molecule has 0 N–H and O–H groups in total. The van der Waals surface area contributed by atoms with Crippen molar-refractivity contribution in [3.63, 3.8) is 0 Å². The fourth-order valence-electron chi connectivity index (χ4n) is 1.79. The summed E-state index contributed by atoms with van der Waals surface area (Å²) < 4.78 is 1.94. The van der Waals surface area contributed by atoms with Gasteiger partial charge in [0.2, 0.25) is 0 Å². The van der Waals surface area contributed by atoms with Crippen LogP contribution < -0.4 is 0 Å². The normalized spacial score (nSPS) is 11.5. The van der Waals surface area contributed by atoms with Crippen molar-refractivity contribution >= 4 is 49.1 Å². The van der Waals surface area contributed by atoms with Gasteiger partial charge in [-0.05, 0) is 45.8 Å². The van der Waals surface area contributed by atoms with Crippen molar-refractivity contribution in [1.82, 2.24) is 9.97 Å². The highest BCUT2D eigenvalue weighted by molar-refractivity contribution is 9.10. The van der Waals surface area contributed by atoms with E-state index in [2.05, 4.69) is 32.0 Å². The van der Waals surface area contributed by atoms with Gasteiger partial charge in [0.25, 0.3) is 0 Å². The lowest BCUT2D eigenvalue weighted by atomic mass is 10.2. The van der Waals surface area contributed by atoms with Gasteiger partial charge in [-0.25, -0.2) is 4.98 Å². The molecule has 0 aliphatic carbocycles. The monoisotopic (exact) mass is 341 g/mol. The van der Waals surface area contributed by atoms with Crippen molar-refractivity contribution < 1.29 is 0 Å². The second kappa shape index (κ2) is 5.53. The second-order valence-corrected chi connectivity index (χ2v) is 5.94. The third-order valence-electron chi connectivity index (χ3n) is 2.75. The molecule has 3 nitrogen and oxygen atoms in total. The number of para-hydroxylation sites is 1. The minimum Gasteiger partial charge on any atom is -0.264 e. The first-order valence-corrected chi connectivity index (χ1v) is 7.46. The summed E-state index contributed by atoms with van der Waals surface area (Å²) in [5, 5.41) is 10.1. The molecule has 2 aromatic heterocycles. The van der Waals surface area contributed by atoms with Crippen LogP contribution in [-0.2, 0) is 0 Å². The standard InChI is InChI=1S/C15H8BrN3S/c16-12-9-18-6-5-10(12)7-11(8-17)15-19-13-3-1-2-4-14(13)20-15/h1-7,9H/b11-7+. The molecular weight excluding hydrogens is 334 g/mol. The van der Waals surface area contributed by atoms with Crippen LogP contribution in [-0.4, -0.2) is 9.97 Å². The summed E-state index contributed by atoms with van der Waals surface area (Å²) in [6.45, 7) is 0. The summed E-state index contributed by atoms with van der Waals surface area (Å²) in [6, 6.07) is 12.0. The summed E-state index contributed by atoms with van der Waals surface area (Å²) >= 11 is 4.95. The van der Waals surface area contributed by atoms with Crippen LogP contribution in [0.2, 0.25) is 0 Å². The van der Waals surface area contributed by atoms with Crippen LogP contribution in [0.5, 0.6) is 0 Å². The van der Waals surface area contributed by atoms with E-state index in [0.29, 0.717) is 5.57 Å². The Kier molecular flexibility index (Phi) is 3.59. The molecule has 0 unspecified atom stereocenters. The number of benzene rings is 1. The number of thiazole rings is 1. The number of nitriles is 1. The smallest absolute Gasteiger partial charge is 0.135 e. The van der Waals surface area contributed by atoms with Crippen LogP contribution in [0.3, 0.4) is 0 Å². The molecule has 0 fully saturated rings. The van der Waals surface area contributed by atoms with Gasteiger partial charge in [0.05, 0.1) is 15.8 Å². The highest BCUT2D eigenvalue weighted by Crippen LogP contribution is 2.29. The summed E-state index contributed by atoms with van der Waals surface area (Å²) in [6.07, 6.45) is 5.23. The minimum atomic E-state index is 0.554. The predicted molar refractivity (Wildman–Crippen MR) is 85.0 cm³/mol. The molecule has 5 heteroatoms. The minimum absolute atomic E-state index is 0.554. The van der Waals surface area contributed by atoms with Crippen molar-refractivity contribution in [2.45, 2.75) is 0 Å². The van der Waals surface area contributed by atoms with Gasteiger partial charge >= 0.3 is 0 Å². The number of aromatic nitrogens is 2. The molecule has 0 saturated carbocycles. The number of rotatable bonds is 2. The van der Waals surface area contributed by atoms with E-state index >= 15 is 0 Å². The van der Waals surface area contributed by atoms with Crippen molar-refractivity contribution in [2.75, 3.05) is 0 Å². The zero-order valence-corrected chi connectivity index (χ0v) is 12.6. The van der Waals surface area contributed by atoms with Gasteiger partial charge in [0, 0.05) is 16.9 Å². The van der Waals surface area contributed by atoms with Crippen molar-refractivity contribution in [2.24, 2.45) is 0 Å². The molecule has 0 bridgehead atoms. The Morgan fingerprint density at radius 2 is 2.15 bits per heavy atom. The molecule has 0 aliphatic heterocycles. The Labute approximate surface area is 128 Å². The molecule has 1 aromatic carbocycles. The molecular formula is C15H8BrN3S. The van der Waals surface area contributed by atoms with Gasteiger partial charge in [-0.3, -0.25) is 4.98 Å². The highest BCUT2D eigenvalue weighted by Gasteiger charge is 2.09. The Bertz CT molecular complexity index is 812. The van der Waals surface area contributed by atoms with Gasteiger partial charge in [-0.1, -0.05) is 12.1 Å². The number of halogens is 1. The lowest BCUT2D eigenvalue weighted by molar-refractivity contribution is 1.30. The maximum Gasteiger partial charge on any atom is 0.135 e. The van der Waals surface area contributed by atoms with Crippen LogP contribution in [0.25, 0.3) is 21.9 Å². The Morgan fingerprint density at radius 1 is 1.30 bits per heavy atom. The van der Waals surface area contributed by atoms with E-state index < -0.39 is 0 Å². The largest absolute Gasteiger partial charge is 0.264 e. The van der Waals surface area contributed by atoms with E-state index in [-0.39, 0.29) is 0 Å². The Morgan fingerprint density at radius 3 is 2.90 bits per heavy atom. The summed E-state index contributed by atoms with van der Waals surface area (Å²) in [5.74, 6) is 0. The maximum absolute atomic E-state index is 9.37. The number of allylic oxidation sites excluding steroid dienone is 1. The van der Waals surface area contributed by atoms with E-state index in [9.17, 15) is 5.26 Å². The highest BCUT2D eigenvalue weighted by atomic mass is 79.9. The zero-order chi connectivity index (χ0) is 13.9. The van der Waals surface area contributed by atoms with Crippen LogP contribution in [0, 0.1) is 11.3 Å². The summed E-state index contributed by atoms with van der Waals surface area (Å²) in [4.78, 5) is 8.52. The number of nitrogens with zero attached hydrogens (tertiary/aromatic N) is 3. The summed E-state index contributed by atoms with van der Waals surface area (Å²) in [5.41, 5.74) is 2.39. The maximum atomic E-state index is 9.37. The SMILES string of the molecule is N#C/C(=C\c1ccncc1Br)c1nc2ccccc2s1. The first-order chi connectivity index (χ1) is 9.78. The molecule has 2 heterocycles. The first kappa shape index (κ1) is 13.0. The van der Waals surface area contributed by atoms with Gasteiger partial charge in [-0.2, -0.15) is 5.26 Å². The van der Waals surface area contributed by atoms with Crippen LogP contribution in [0.4, 0.5) is 0 Å². The first-order valence-electron chi connectivity index (χ1n) is 5.85. The lowest BCUT2D eigenvalue weighted by Gasteiger charge is -1.97. The second-order valence-electron chi connectivity index (χ2n) is 4.05. The fraction of sp³-hybridized carbons (Fsp3) is 0.